The van der Waals surface area contributed by atoms with Gasteiger partial charge in [-0.05, 0) is 6.92 Å². The maximum atomic E-state index is 10.5. The van der Waals surface area contributed by atoms with E-state index < -0.39 is 30.3 Å². The Kier molecular flexibility index (Phi) is 3.17. The van der Waals surface area contributed by atoms with Gasteiger partial charge in [-0.25, -0.2) is 0 Å². The van der Waals surface area contributed by atoms with Crippen molar-refractivity contribution >= 4 is 5.97 Å². The molecule has 0 aliphatic rings. The molecule has 0 bridgehead atoms. The highest BCUT2D eigenvalue weighted by Crippen LogP contribution is 2.18. The molecule has 6 heteroatoms. The lowest BCUT2D eigenvalue weighted by Gasteiger charge is -2.35. The molecule has 0 fully saturated rings. The predicted octanol–water partition coefficient (Wildman–Crippen LogP) is -2.50. The number of aliphatic hydroxyl groups is 3. The fraction of sp³-hybridized carbons (Fsp3) is 0.833. The van der Waals surface area contributed by atoms with Gasteiger partial charge in [0.05, 0.1) is 13.2 Å². The molecule has 0 heterocycles. The number of hydrogen-bond acceptors (Lipinski definition) is 5. The second kappa shape index (κ2) is 3.36. The molecule has 72 valence electrons. The molecular formula is C6H13NO5. The molecule has 1 unspecified atom stereocenters. The molecule has 0 spiro atoms. The van der Waals surface area contributed by atoms with Crippen LogP contribution in [0.3, 0.4) is 0 Å². The Labute approximate surface area is 69.2 Å². The van der Waals surface area contributed by atoms with E-state index in [0.717, 1.165) is 6.92 Å². The minimum atomic E-state index is -2.21. The molecule has 0 saturated heterocycles. The van der Waals surface area contributed by atoms with Crippen LogP contribution in [0.15, 0.2) is 0 Å². The fourth-order valence-electron chi connectivity index (χ4n) is 0.578. The van der Waals surface area contributed by atoms with Crippen molar-refractivity contribution in [3.05, 3.63) is 0 Å². The number of nitrogens with two attached hydrogens (primary N) is 1. The van der Waals surface area contributed by atoms with Crippen LogP contribution in [0.1, 0.15) is 6.92 Å². The van der Waals surface area contributed by atoms with E-state index in [1.807, 2.05) is 0 Å². The third-order valence-corrected chi connectivity index (χ3v) is 1.93. The van der Waals surface area contributed by atoms with Gasteiger partial charge in [-0.3, -0.25) is 4.79 Å². The normalized spacial score (nSPS) is 17.1. The molecule has 6 N–H and O–H groups in total. The number of aliphatic carboxylic acids is 1. The van der Waals surface area contributed by atoms with Gasteiger partial charge in [-0.1, -0.05) is 0 Å². The van der Waals surface area contributed by atoms with Gasteiger partial charge in [0.1, 0.15) is 11.1 Å². The highest BCUT2D eigenvalue weighted by Gasteiger charge is 2.49. The molecule has 0 aromatic rings. The summed E-state index contributed by atoms with van der Waals surface area (Å²) in [6, 6.07) is 0. The van der Waals surface area contributed by atoms with Crippen molar-refractivity contribution in [2.45, 2.75) is 18.1 Å². The van der Waals surface area contributed by atoms with Gasteiger partial charge in [0.25, 0.3) is 0 Å². The Morgan fingerprint density at radius 2 is 1.75 bits per heavy atom. The first-order chi connectivity index (χ1) is 5.31. The van der Waals surface area contributed by atoms with Gasteiger partial charge in [-0.15, -0.1) is 0 Å². The van der Waals surface area contributed by atoms with E-state index in [0.29, 0.717) is 0 Å². The van der Waals surface area contributed by atoms with Gasteiger partial charge >= 0.3 is 5.97 Å². The van der Waals surface area contributed by atoms with E-state index in [2.05, 4.69) is 0 Å². The maximum Gasteiger partial charge on any atom is 0.326 e. The van der Waals surface area contributed by atoms with Crippen molar-refractivity contribution in [1.82, 2.24) is 0 Å². The molecular weight excluding hydrogens is 166 g/mol. The fourth-order valence-corrected chi connectivity index (χ4v) is 0.578. The smallest absolute Gasteiger partial charge is 0.326 e. The van der Waals surface area contributed by atoms with Gasteiger partial charge in [0, 0.05) is 0 Å². The molecule has 12 heavy (non-hydrogen) atoms. The first-order valence-electron chi connectivity index (χ1n) is 3.28. The van der Waals surface area contributed by atoms with Crippen molar-refractivity contribution in [3.63, 3.8) is 0 Å². The number of aliphatic hydroxyl groups excluding tert-OH is 2. The largest absolute Gasteiger partial charge is 0.480 e. The quantitative estimate of drug-likeness (QED) is 0.325. The predicted molar refractivity (Wildman–Crippen MR) is 39.3 cm³/mol. The van der Waals surface area contributed by atoms with E-state index in [-0.39, 0.29) is 0 Å². The summed E-state index contributed by atoms with van der Waals surface area (Å²) in [6.07, 6.45) is 0. The first-order valence-corrected chi connectivity index (χ1v) is 3.28. The lowest BCUT2D eigenvalue weighted by Crippen LogP contribution is -2.67. The molecule has 0 radical (unpaired) electrons. The van der Waals surface area contributed by atoms with Crippen molar-refractivity contribution in [2.75, 3.05) is 13.2 Å². The second-order valence-electron chi connectivity index (χ2n) is 2.86. The second-order valence-corrected chi connectivity index (χ2v) is 2.86. The molecule has 0 saturated carbocycles. The zero-order chi connectivity index (χ0) is 9.99. The minimum absolute atomic E-state index is 0.914. The molecule has 0 aliphatic heterocycles. The van der Waals surface area contributed by atoms with E-state index >= 15 is 0 Å². The standard InChI is InChI=1S/C6H13NO5/c1-5(7,4(10)11)6(12,2-8)3-9/h8-9,12H,2-3,7H2,1H3,(H,10,11). The van der Waals surface area contributed by atoms with Crippen molar-refractivity contribution in [2.24, 2.45) is 5.73 Å². The summed E-state index contributed by atoms with van der Waals surface area (Å²) in [6.45, 7) is -0.812. The van der Waals surface area contributed by atoms with Crippen LogP contribution in [0.4, 0.5) is 0 Å². The third kappa shape index (κ3) is 1.56. The lowest BCUT2D eigenvalue weighted by atomic mass is 9.83. The van der Waals surface area contributed by atoms with Gasteiger partial charge < -0.3 is 26.2 Å². The van der Waals surface area contributed by atoms with Crippen LogP contribution in [-0.2, 0) is 4.79 Å². The molecule has 6 nitrogen and oxygen atoms in total. The van der Waals surface area contributed by atoms with Crippen LogP contribution in [0.25, 0.3) is 0 Å². The average Bonchev–Trinajstić information content (AvgIpc) is 2.02. The number of carboxylic acids is 1. The van der Waals surface area contributed by atoms with Gasteiger partial charge in [0.15, 0.2) is 0 Å². The highest BCUT2D eigenvalue weighted by atomic mass is 16.4. The number of carboxylic acid groups (broad SMARTS) is 1. The number of rotatable bonds is 4. The van der Waals surface area contributed by atoms with Crippen molar-refractivity contribution in [1.29, 1.82) is 0 Å². The Morgan fingerprint density at radius 3 is 1.83 bits per heavy atom. The summed E-state index contributed by atoms with van der Waals surface area (Å²) in [5.41, 5.74) is 0.907. The molecule has 0 rings (SSSR count). The van der Waals surface area contributed by atoms with Crippen LogP contribution < -0.4 is 5.73 Å². The zero-order valence-electron chi connectivity index (χ0n) is 6.69. The van der Waals surface area contributed by atoms with Crippen molar-refractivity contribution < 1.29 is 25.2 Å². The maximum absolute atomic E-state index is 10.5. The minimum Gasteiger partial charge on any atom is -0.480 e. The summed E-state index contributed by atoms with van der Waals surface area (Å²) in [4.78, 5) is 10.5. The summed E-state index contributed by atoms with van der Waals surface area (Å²) in [5.74, 6) is -1.49. The monoisotopic (exact) mass is 179 g/mol. The molecule has 0 amide bonds. The van der Waals surface area contributed by atoms with Crippen LogP contribution in [0.2, 0.25) is 0 Å². The van der Waals surface area contributed by atoms with Crippen LogP contribution in [-0.4, -0.2) is 50.7 Å². The SMILES string of the molecule is CC(N)(C(=O)O)C(O)(CO)CO. The highest BCUT2D eigenvalue weighted by molar-refractivity contribution is 5.79. The topological polar surface area (TPSA) is 124 Å². The van der Waals surface area contributed by atoms with E-state index in [1.54, 1.807) is 0 Å². The summed E-state index contributed by atoms with van der Waals surface area (Å²) in [7, 11) is 0. The van der Waals surface area contributed by atoms with Crippen LogP contribution in [0.5, 0.6) is 0 Å². The first kappa shape index (κ1) is 11.3. The number of carbonyl (C=O) groups is 1. The Hall–Kier alpha value is -0.690. The lowest BCUT2D eigenvalue weighted by molar-refractivity contribution is -0.163. The average molecular weight is 179 g/mol. The molecule has 0 aliphatic carbocycles. The molecule has 1 atom stereocenters. The van der Waals surface area contributed by atoms with E-state index in [1.165, 1.54) is 0 Å². The molecule has 0 aromatic carbocycles. The Balaban J connectivity index is 4.83. The summed E-state index contributed by atoms with van der Waals surface area (Å²) < 4.78 is 0. The van der Waals surface area contributed by atoms with E-state index in [9.17, 15) is 9.90 Å². The summed E-state index contributed by atoms with van der Waals surface area (Å²) >= 11 is 0. The Morgan fingerprint density at radius 1 is 1.42 bits per heavy atom. The zero-order valence-corrected chi connectivity index (χ0v) is 6.69. The number of hydrogen-bond donors (Lipinski definition) is 5. The van der Waals surface area contributed by atoms with Crippen LogP contribution in [0, 0.1) is 0 Å². The third-order valence-electron chi connectivity index (χ3n) is 1.93. The molecule has 0 aromatic heterocycles. The van der Waals surface area contributed by atoms with Crippen molar-refractivity contribution in [3.8, 4) is 0 Å². The van der Waals surface area contributed by atoms with E-state index in [4.69, 9.17) is 21.1 Å². The van der Waals surface area contributed by atoms with Crippen LogP contribution >= 0.6 is 0 Å². The van der Waals surface area contributed by atoms with Gasteiger partial charge in [-0.2, -0.15) is 0 Å². The van der Waals surface area contributed by atoms with Gasteiger partial charge in [0.2, 0.25) is 0 Å². The summed E-state index contributed by atoms with van der Waals surface area (Å²) in [5, 5.41) is 35.1. The Bertz CT molecular complexity index is 175.